The quantitative estimate of drug-likeness (QED) is 0.741. The summed E-state index contributed by atoms with van der Waals surface area (Å²) in [6.07, 6.45) is 3.65. The van der Waals surface area contributed by atoms with Gasteiger partial charge in [0.05, 0.1) is 10.7 Å². The SMILES string of the molecule is CCC(C)(CCO)NC(=O)Nc1ccc(N2CCCC2)c(Cl)c1. The topological polar surface area (TPSA) is 64.6 Å². The second-order valence-electron chi connectivity index (χ2n) is 6.33. The molecule has 0 aliphatic carbocycles. The maximum absolute atomic E-state index is 12.2. The number of carbonyl (C=O) groups is 1. The van der Waals surface area contributed by atoms with Gasteiger partial charge >= 0.3 is 6.03 Å². The van der Waals surface area contributed by atoms with Gasteiger partial charge in [-0.05, 0) is 50.8 Å². The van der Waals surface area contributed by atoms with Gasteiger partial charge in [0.15, 0.2) is 0 Å². The lowest BCUT2D eigenvalue weighted by Gasteiger charge is -2.29. The summed E-state index contributed by atoms with van der Waals surface area (Å²) in [5.74, 6) is 0. The zero-order valence-electron chi connectivity index (χ0n) is 13.9. The Kier molecular flexibility index (Phi) is 6.13. The largest absolute Gasteiger partial charge is 0.396 e. The monoisotopic (exact) mass is 339 g/mol. The number of nitrogens with one attached hydrogen (secondary N) is 2. The van der Waals surface area contributed by atoms with Crippen LogP contribution in [0.3, 0.4) is 0 Å². The molecule has 0 aromatic heterocycles. The molecule has 2 amide bonds. The summed E-state index contributed by atoms with van der Waals surface area (Å²) in [6, 6.07) is 5.32. The van der Waals surface area contributed by atoms with Crippen LogP contribution in [0.15, 0.2) is 18.2 Å². The Hall–Kier alpha value is -1.46. The molecule has 0 spiro atoms. The van der Waals surface area contributed by atoms with Crippen molar-refractivity contribution >= 4 is 29.0 Å². The number of halogens is 1. The molecule has 128 valence electrons. The van der Waals surface area contributed by atoms with Gasteiger partial charge in [-0.25, -0.2) is 4.79 Å². The molecular formula is C17H26ClN3O2. The van der Waals surface area contributed by atoms with Crippen LogP contribution >= 0.6 is 11.6 Å². The van der Waals surface area contributed by atoms with E-state index in [9.17, 15) is 4.79 Å². The highest BCUT2D eigenvalue weighted by Gasteiger charge is 2.23. The van der Waals surface area contributed by atoms with Gasteiger partial charge in [0, 0.05) is 30.9 Å². The van der Waals surface area contributed by atoms with E-state index >= 15 is 0 Å². The second kappa shape index (κ2) is 7.88. The first-order valence-corrected chi connectivity index (χ1v) is 8.60. The lowest BCUT2D eigenvalue weighted by atomic mass is 9.95. The number of benzene rings is 1. The summed E-state index contributed by atoms with van der Waals surface area (Å²) in [7, 11) is 0. The summed E-state index contributed by atoms with van der Waals surface area (Å²) in [6.45, 7) is 6.01. The van der Waals surface area contributed by atoms with E-state index in [0.717, 1.165) is 25.2 Å². The van der Waals surface area contributed by atoms with Crippen molar-refractivity contribution in [2.75, 3.05) is 29.9 Å². The van der Waals surface area contributed by atoms with Crippen LogP contribution in [0.5, 0.6) is 0 Å². The second-order valence-corrected chi connectivity index (χ2v) is 6.73. The Labute approximate surface area is 143 Å². The molecule has 0 radical (unpaired) electrons. The zero-order valence-corrected chi connectivity index (χ0v) is 14.6. The molecule has 23 heavy (non-hydrogen) atoms. The van der Waals surface area contributed by atoms with Crippen LogP contribution in [-0.2, 0) is 0 Å². The van der Waals surface area contributed by atoms with E-state index < -0.39 is 5.54 Å². The number of urea groups is 1. The normalized spacial score (nSPS) is 17.0. The van der Waals surface area contributed by atoms with E-state index in [4.69, 9.17) is 16.7 Å². The molecule has 1 aromatic carbocycles. The first kappa shape index (κ1) is 17.9. The molecule has 1 saturated heterocycles. The van der Waals surface area contributed by atoms with Gasteiger partial charge in [-0.1, -0.05) is 18.5 Å². The third-order valence-electron chi connectivity index (χ3n) is 4.51. The van der Waals surface area contributed by atoms with Crippen LogP contribution in [-0.4, -0.2) is 36.4 Å². The van der Waals surface area contributed by atoms with Crippen molar-refractivity contribution in [1.29, 1.82) is 0 Å². The van der Waals surface area contributed by atoms with Crippen molar-refractivity contribution in [2.24, 2.45) is 0 Å². The minimum absolute atomic E-state index is 0.0426. The summed E-state index contributed by atoms with van der Waals surface area (Å²) in [5.41, 5.74) is 1.27. The van der Waals surface area contributed by atoms with Crippen molar-refractivity contribution < 1.29 is 9.90 Å². The van der Waals surface area contributed by atoms with Gasteiger partial charge in [0.25, 0.3) is 0 Å². The molecule has 1 aromatic rings. The van der Waals surface area contributed by atoms with Crippen molar-refractivity contribution in [3.63, 3.8) is 0 Å². The molecule has 0 bridgehead atoms. The molecule has 3 N–H and O–H groups in total. The van der Waals surface area contributed by atoms with E-state index in [1.807, 2.05) is 26.0 Å². The molecule has 1 aliphatic rings. The highest BCUT2D eigenvalue weighted by Crippen LogP contribution is 2.31. The Morgan fingerprint density at radius 3 is 2.65 bits per heavy atom. The molecule has 1 atom stereocenters. The predicted molar refractivity (Wildman–Crippen MR) is 95.5 cm³/mol. The fraction of sp³-hybridized carbons (Fsp3) is 0.588. The fourth-order valence-electron chi connectivity index (χ4n) is 2.81. The number of amides is 2. The number of carbonyl (C=O) groups excluding carboxylic acids is 1. The average molecular weight is 340 g/mol. The molecular weight excluding hydrogens is 314 g/mol. The van der Waals surface area contributed by atoms with Crippen LogP contribution in [0.25, 0.3) is 0 Å². The molecule has 1 unspecified atom stereocenters. The molecule has 2 rings (SSSR count). The maximum Gasteiger partial charge on any atom is 0.319 e. The first-order chi connectivity index (χ1) is 11.0. The predicted octanol–water partition coefficient (Wildman–Crippen LogP) is 3.61. The molecule has 0 saturated carbocycles. The third-order valence-corrected chi connectivity index (χ3v) is 4.81. The fourth-order valence-corrected chi connectivity index (χ4v) is 3.11. The van der Waals surface area contributed by atoms with Gasteiger partial charge in [-0.2, -0.15) is 0 Å². The highest BCUT2D eigenvalue weighted by molar-refractivity contribution is 6.33. The number of hydrogen-bond acceptors (Lipinski definition) is 3. The molecule has 5 nitrogen and oxygen atoms in total. The Balaban J connectivity index is 1.99. The molecule has 1 fully saturated rings. The van der Waals surface area contributed by atoms with Gasteiger partial charge in [0.2, 0.25) is 0 Å². The van der Waals surface area contributed by atoms with Crippen molar-refractivity contribution in [2.45, 2.75) is 45.1 Å². The van der Waals surface area contributed by atoms with Crippen LogP contribution in [0.1, 0.15) is 39.5 Å². The van der Waals surface area contributed by atoms with Gasteiger partial charge in [-0.3, -0.25) is 0 Å². The summed E-state index contributed by atoms with van der Waals surface area (Å²) < 4.78 is 0. The van der Waals surface area contributed by atoms with E-state index in [-0.39, 0.29) is 12.6 Å². The Bertz CT molecular complexity index is 547. The lowest BCUT2D eigenvalue weighted by Crippen LogP contribution is -2.48. The van der Waals surface area contributed by atoms with E-state index in [0.29, 0.717) is 17.1 Å². The number of aliphatic hydroxyl groups excluding tert-OH is 1. The lowest BCUT2D eigenvalue weighted by molar-refractivity contribution is 0.208. The minimum atomic E-state index is -0.419. The third kappa shape index (κ3) is 4.75. The van der Waals surface area contributed by atoms with Crippen LogP contribution in [0, 0.1) is 0 Å². The van der Waals surface area contributed by atoms with Crippen LogP contribution in [0.4, 0.5) is 16.2 Å². The average Bonchev–Trinajstić information content (AvgIpc) is 3.01. The molecule has 1 heterocycles. The number of hydrogen-bond donors (Lipinski definition) is 3. The summed E-state index contributed by atoms with van der Waals surface area (Å²) in [4.78, 5) is 14.4. The zero-order chi connectivity index (χ0) is 16.9. The summed E-state index contributed by atoms with van der Waals surface area (Å²) in [5, 5.41) is 15.5. The van der Waals surface area contributed by atoms with Gasteiger partial charge in [-0.15, -0.1) is 0 Å². The molecule has 6 heteroatoms. The van der Waals surface area contributed by atoms with Crippen molar-refractivity contribution in [1.82, 2.24) is 5.32 Å². The van der Waals surface area contributed by atoms with Crippen LogP contribution < -0.4 is 15.5 Å². The van der Waals surface area contributed by atoms with Gasteiger partial charge < -0.3 is 20.6 Å². The van der Waals surface area contributed by atoms with E-state index in [1.54, 1.807) is 6.07 Å². The van der Waals surface area contributed by atoms with Crippen molar-refractivity contribution in [3.05, 3.63) is 23.2 Å². The van der Waals surface area contributed by atoms with Gasteiger partial charge in [0.1, 0.15) is 0 Å². The smallest absolute Gasteiger partial charge is 0.319 e. The first-order valence-electron chi connectivity index (χ1n) is 8.22. The van der Waals surface area contributed by atoms with E-state index in [1.165, 1.54) is 12.8 Å². The van der Waals surface area contributed by atoms with Crippen LogP contribution in [0.2, 0.25) is 5.02 Å². The van der Waals surface area contributed by atoms with E-state index in [2.05, 4.69) is 15.5 Å². The number of aliphatic hydroxyl groups is 1. The number of anilines is 2. The molecule has 1 aliphatic heterocycles. The highest BCUT2D eigenvalue weighted by atomic mass is 35.5. The Morgan fingerprint density at radius 2 is 2.09 bits per heavy atom. The summed E-state index contributed by atoms with van der Waals surface area (Å²) >= 11 is 6.36. The number of rotatable bonds is 6. The standard InChI is InChI=1S/C17H26ClN3O2/c1-3-17(2,8-11-22)20-16(23)19-13-6-7-15(14(18)12-13)21-9-4-5-10-21/h6-7,12,22H,3-5,8-11H2,1-2H3,(H2,19,20,23). The van der Waals surface area contributed by atoms with Crippen molar-refractivity contribution in [3.8, 4) is 0 Å². The Morgan fingerprint density at radius 1 is 1.39 bits per heavy atom. The number of nitrogens with zero attached hydrogens (tertiary/aromatic N) is 1. The maximum atomic E-state index is 12.2. The minimum Gasteiger partial charge on any atom is -0.396 e.